The van der Waals surface area contributed by atoms with Crippen molar-refractivity contribution in [2.45, 2.75) is 35.4 Å². The van der Waals surface area contributed by atoms with E-state index in [1.165, 1.54) is 22.7 Å². The first kappa shape index (κ1) is 12.1. The van der Waals surface area contributed by atoms with Gasteiger partial charge in [-0.3, -0.25) is 0 Å². The molecule has 0 saturated heterocycles. The van der Waals surface area contributed by atoms with Crippen LogP contribution in [0.3, 0.4) is 0 Å². The lowest BCUT2D eigenvalue weighted by Gasteiger charge is -2.13. The predicted octanol–water partition coefficient (Wildman–Crippen LogP) is 2.82. The van der Waals surface area contributed by atoms with Crippen molar-refractivity contribution in [1.29, 1.82) is 0 Å². The van der Waals surface area contributed by atoms with Gasteiger partial charge in [-0.05, 0) is 29.1 Å². The molecule has 0 spiro atoms. The Labute approximate surface area is 115 Å². The van der Waals surface area contributed by atoms with Crippen LogP contribution in [0.1, 0.15) is 29.9 Å². The highest BCUT2D eigenvalue weighted by molar-refractivity contribution is 8.01. The Morgan fingerprint density at radius 3 is 3.00 bits per heavy atom. The molecule has 1 aliphatic rings. The monoisotopic (exact) mass is 277 g/mol. The Morgan fingerprint density at radius 1 is 1.44 bits per heavy atom. The topological polar surface area (TPSA) is 51.8 Å². The zero-order valence-electron chi connectivity index (χ0n) is 10.2. The molecule has 1 heterocycles. The van der Waals surface area contributed by atoms with E-state index < -0.39 is 0 Å². The first-order chi connectivity index (χ1) is 8.78. The summed E-state index contributed by atoms with van der Waals surface area (Å²) in [6.07, 6.45) is 1.93. The van der Waals surface area contributed by atoms with E-state index in [2.05, 4.69) is 40.5 Å². The van der Waals surface area contributed by atoms with Crippen LogP contribution in [0.25, 0.3) is 0 Å². The Kier molecular flexibility index (Phi) is 3.37. The second-order valence-electron chi connectivity index (χ2n) is 4.42. The summed E-state index contributed by atoms with van der Waals surface area (Å²) in [5, 5.41) is 0.389. The second-order valence-corrected chi connectivity index (χ2v) is 6.65. The van der Waals surface area contributed by atoms with Gasteiger partial charge in [-0.15, -0.1) is 0 Å². The minimum atomic E-state index is 0.111. The molecule has 0 fully saturated rings. The van der Waals surface area contributed by atoms with Gasteiger partial charge in [-0.25, -0.2) is 4.98 Å². The van der Waals surface area contributed by atoms with E-state index in [0.29, 0.717) is 5.25 Å². The van der Waals surface area contributed by atoms with Crippen molar-refractivity contribution in [1.82, 2.24) is 9.36 Å². The molecule has 1 aliphatic carbocycles. The van der Waals surface area contributed by atoms with Crippen molar-refractivity contribution >= 4 is 23.3 Å². The van der Waals surface area contributed by atoms with Crippen LogP contribution in [0.5, 0.6) is 0 Å². The van der Waals surface area contributed by atoms with Gasteiger partial charge >= 0.3 is 0 Å². The summed E-state index contributed by atoms with van der Waals surface area (Å²) in [6, 6.07) is 8.57. The third-order valence-corrected chi connectivity index (χ3v) is 5.37. The van der Waals surface area contributed by atoms with Crippen molar-refractivity contribution < 1.29 is 0 Å². The van der Waals surface area contributed by atoms with Crippen LogP contribution >= 0.6 is 23.3 Å². The van der Waals surface area contributed by atoms with Crippen molar-refractivity contribution in [3.05, 3.63) is 41.2 Å². The third kappa shape index (κ3) is 2.18. The first-order valence-electron chi connectivity index (χ1n) is 6.10. The minimum absolute atomic E-state index is 0.111. The molecule has 3 rings (SSSR count). The van der Waals surface area contributed by atoms with Gasteiger partial charge < -0.3 is 5.73 Å². The van der Waals surface area contributed by atoms with Crippen LogP contribution in [0, 0.1) is 0 Å². The Balaban J connectivity index is 1.76. The minimum Gasteiger partial charge on any atom is -0.323 e. The van der Waals surface area contributed by atoms with E-state index in [4.69, 9.17) is 5.73 Å². The fraction of sp³-hybridized carbons (Fsp3) is 0.385. The molecule has 0 aliphatic heterocycles. The SMILES string of the molecule is CCc1nsc(SC2Cc3ccccc3C2N)n1. The van der Waals surface area contributed by atoms with Crippen LogP contribution in [0.15, 0.2) is 28.6 Å². The van der Waals surface area contributed by atoms with E-state index in [1.54, 1.807) is 11.8 Å². The maximum absolute atomic E-state index is 6.31. The van der Waals surface area contributed by atoms with Gasteiger partial charge in [0.25, 0.3) is 0 Å². The number of nitrogens with zero attached hydrogens (tertiary/aromatic N) is 2. The fourth-order valence-corrected chi connectivity index (χ4v) is 4.39. The number of rotatable bonds is 3. The summed E-state index contributed by atoms with van der Waals surface area (Å²) in [4.78, 5) is 4.50. The van der Waals surface area contributed by atoms with Gasteiger partial charge in [0.1, 0.15) is 5.82 Å². The van der Waals surface area contributed by atoms with Gasteiger partial charge in [0, 0.05) is 17.7 Å². The van der Waals surface area contributed by atoms with Crippen molar-refractivity contribution in [2.75, 3.05) is 0 Å². The van der Waals surface area contributed by atoms with E-state index in [9.17, 15) is 0 Å². The molecular formula is C13H15N3S2. The molecule has 2 aromatic rings. The van der Waals surface area contributed by atoms with Crippen LogP contribution in [-0.2, 0) is 12.8 Å². The molecule has 5 heteroatoms. The van der Waals surface area contributed by atoms with Crippen LogP contribution in [-0.4, -0.2) is 14.6 Å². The Hall–Kier alpha value is -0.910. The number of hydrogen-bond donors (Lipinski definition) is 1. The quantitative estimate of drug-likeness (QED) is 0.937. The van der Waals surface area contributed by atoms with Crippen molar-refractivity contribution in [3.8, 4) is 0 Å². The number of aryl methyl sites for hydroxylation is 1. The predicted molar refractivity (Wildman–Crippen MR) is 76.0 cm³/mol. The molecule has 2 unspecified atom stereocenters. The molecule has 94 valence electrons. The summed E-state index contributed by atoms with van der Waals surface area (Å²) in [5.41, 5.74) is 8.98. The first-order valence-corrected chi connectivity index (χ1v) is 7.76. The van der Waals surface area contributed by atoms with Gasteiger partial charge in [0.15, 0.2) is 4.34 Å². The maximum Gasteiger partial charge on any atom is 0.170 e. The number of benzene rings is 1. The lowest BCUT2D eigenvalue weighted by atomic mass is 10.1. The smallest absolute Gasteiger partial charge is 0.170 e. The molecule has 1 aromatic heterocycles. The fourth-order valence-electron chi connectivity index (χ4n) is 2.26. The third-order valence-electron chi connectivity index (χ3n) is 3.25. The van der Waals surface area contributed by atoms with Crippen LogP contribution < -0.4 is 5.73 Å². The summed E-state index contributed by atoms with van der Waals surface area (Å²) in [5.74, 6) is 0.937. The van der Waals surface area contributed by atoms with E-state index >= 15 is 0 Å². The van der Waals surface area contributed by atoms with E-state index in [-0.39, 0.29) is 6.04 Å². The van der Waals surface area contributed by atoms with E-state index in [1.807, 2.05) is 0 Å². The Bertz CT molecular complexity index is 553. The highest BCUT2D eigenvalue weighted by atomic mass is 32.2. The normalized spacial score (nSPS) is 22.1. The number of thioether (sulfide) groups is 1. The standard InChI is InChI=1S/C13H15N3S2/c1-2-11-15-13(18-16-11)17-10-7-8-5-3-4-6-9(8)12(10)14/h3-6,10,12H,2,7,14H2,1H3. The second kappa shape index (κ2) is 4.99. The van der Waals surface area contributed by atoms with Crippen molar-refractivity contribution in [2.24, 2.45) is 5.73 Å². The van der Waals surface area contributed by atoms with Gasteiger partial charge in [-0.2, -0.15) is 4.37 Å². The molecule has 0 radical (unpaired) electrons. The summed E-state index contributed by atoms with van der Waals surface area (Å²) in [7, 11) is 0. The number of fused-ring (bicyclic) bond motifs is 1. The molecule has 0 amide bonds. The molecule has 18 heavy (non-hydrogen) atoms. The molecular weight excluding hydrogens is 262 g/mol. The molecule has 1 aromatic carbocycles. The number of aromatic nitrogens is 2. The molecule has 2 atom stereocenters. The molecule has 3 nitrogen and oxygen atoms in total. The molecule has 0 bridgehead atoms. The summed E-state index contributed by atoms with van der Waals surface area (Å²) in [6.45, 7) is 2.08. The highest BCUT2D eigenvalue weighted by Gasteiger charge is 2.30. The number of nitrogens with two attached hydrogens (primary N) is 1. The highest BCUT2D eigenvalue weighted by Crippen LogP contribution is 2.40. The largest absolute Gasteiger partial charge is 0.323 e. The van der Waals surface area contributed by atoms with Gasteiger partial charge in [0.05, 0.1) is 0 Å². The average molecular weight is 277 g/mol. The van der Waals surface area contributed by atoms with Gasteiger partial charge in [-0.1, -0.05) is 43.0 Å². The van der Waals surface area contributed by atoms with Gasteiger partial charge in [0.2, 0.25) is 0 Å². The molecule has 0 saturated carbocycles. The Morgan fingerprint density at radius 2 is 2.28 bits per heavy atom. The maximum atomic E-state index is 6.31. The summed E-state index contributed by atoms with van der Waals surface area (Å²) >= 11 is 3.26. The number of hydrogen-bond acceptors (Lipinski definition) is 5. The average Bonchev–Trinajstić information content (AvgIpc) is 2.97. The van der Waals surface area contributed by atoms with Crippen LogP contribution in [0.2, 0.25) is 0 Å². The zero-order valence-corrected chi connectivity index (χ0v) is 11.8. The lowest BCUT2D eigenvalue weighted by Crippen LogP contribution is -2.18. The zero-order chi connectivity index (χ0) is 12.5. The van der Waals surface area contributed by atoms with Crippen LogP contribution in [0.4, 0.5) is 0 Å². The van der Waals surface area contributed by atoms with Crippen molar-refractivity contribution in [3.63, 3.8) is 0 Å². The lowest BCUT2D eigenvalue weighted by molar-refractivity contribution is 0.731. The van der Waals surface area contributed by atoms with E-state index in [0.717, 1.165) is 23.0 Å². The summed E-state index contributed by atoms with van der Waals surface area (Å²) < 4.78 is 5.36. The molecule has 2 N–H and O–H groups in total.